The van der Waals surface area contributed by atoms with Crippen LogP contribution in [0.4, 0.5) is 0 Å². The molecule has 26 heavy (non-hydrogen) atoms. The molecule has 4 rings (SSSR count). The highest BCUT2D eigenvalue weighted by atomic mass is 16.5. The molecular formula is C18H17N5O3. The van der Waals surface area contributed by atoms with Crippen LogP contribution in [0.15, 0.2) is 61.4 Å². The summed E-state index contributed by atoms with van der Waals surface area (Å²) in [6.07, 6.45) is 10.5. The number of nitrogens with zero attached hydrogens (tertiary/aromatic N) is 4. The van der Waals surface area contributed by atoms with Crippen molar-refractivity contribution >= 4 is 23.0 Å². The van der Waals surface area contributed by atoms with Gasteiger partial charge in [-0.1, -0.05) is 0 Å². The number of hydrogen-bond donors (Lipinski definition) is 1. The van der Waals surface area contributed by atoms with Gasteiger partial charge < -0.3 is 19.3 Å². The first-order chi connectivity index (χ1) is 12.7. The number of nitrogens with two attached hydrogens (primary N) is 1. The number of rotatable bonds is 3. The number of Topliss-reactive ketones (excluding diaryl/α,β-unsaturated/α-hetero) is 1. The van der Waals surface area contributed by atoms with E-state index in [1.54, 1.807) is 57.9 Å². The zero-order valence-corrected chi connectivity index (χ0v) is 14.1. The lowest BCUT2D eigenvalue weighted by molar-refractivity contribution is 0.0602. The molecule has 2 N–H and O–H groups in total. The fraction of sp³-hybridized carbons (Fsp3) is 0.111. The molecule has 0 unspecified atom stereocenters. The number of fused-ring (bicyclic) bond motifs is 2. The van der Waals surface area contributed by atoms with E-state index in [9.17, 15) is 9.59 Å². The molecule has 0 saturated carbocycles. The summed E-state index contributed by atoms with van der Waals surface area (Å²) in [6, 6.07) is 7.00. The number of ketones is 1. The van der Waals surface area contributed by atoms with Crippen molar-refractivity contribution in [2.75, 3.05) is 13.7 Å². The Morgan fingerprint density at radius 3 is 2.04 bits per heavy atom. The number of methoxy groups -OCH3 is 1. The van der Waals surface area contributed by atoms with Gasteiger partial charge in [-0.05, 0) is 24.3 Å². The summed E-state index contributed by atoms with van der Waals surface area (Å²) in [5.41, 5.74) is 7.62. The number of ether oxygens (including phenoxy) is 1. The molecule has 0 fully saturated rings. The van der Waals surface area contributed by atoms with Gasteiger partial charge >= 0.3 is 5.97 Å². The van der Waals surface area contributed by atoms with E-state index >= 15 is 0 Å². The summed E-state index contributed by atoms with van der Waals surface area (Å²) in [5, 5.41) is 0. The van der Waals surface area contributed by atoms with Gasteiger partial charge in [0.05, 0.1) is 19.2 Å². The van der Waals surface area contributed by atoms with Crippen LogP contribution in [0.2, 0.25) is 0 Å². The van der Waals surface area contributed by atoms with Crippen LogP contribution in [0.3, 0.4) is 0 Å². The van der Waals surface area contributed by atoms with Crippen molar-refractivity contribution in [2.24, 2.45) is 5.73 Å². The Hall–Kier alpha value is -3.52. The molecule has 0 amide bonds. The lowest BCUT2D eigenvalue weighted by Gasteiger charge is -2.00. The third kappa shape index (κ3) is 3.31. The van der Waals surface area contributed by atoms with Gasteiger partial charge in [0.1, 0.15) is 11.2 Å². The third-order valence-corrected chi connectivity index (χ3v) is 3.73. The average Bonchev–Trinajstić information content (AvgIpc) is 3.35. The predicted octanol–water partition coefficient (Wildman–Crippen LogP) is 1.60. The maximum Gasteiger partial charge on any atom is 0.341 e. The van der Waals surface area contributed by atoms with Gasteiger partial charge in [-0.3, -0.25) is 4.79 Å². The highest BCUT2D eigenvalue weighted by molar-refractivity contribution is 6.02. The molecule has 8 heteroatoms. The molecule has 0 bridgehead atoms. The van der Waals surface area contributed by atoms with E-state index in [0.29, 0.717) is 22.4 Å². The van der Waals surface area contributed by atoms with E-state index in [1.165, 1.54) is 7.11 Å². The van der Waals surface area contributed by atoms with Crippen LogP contribution in [0, 0.1) is 0 Å². The van der Waals surface area contributed by atoms with Gasteiger partial charge in [0.15, 0.2) is 11.4 Å². The Balaban J connectivity index is 0.000000151. The Bertz CT molecular complexity index is 981. The summed E-state index contributed by atoms with van der Waals surface area (Å²) < 4.78 is 8.19. The minimum Gasteiger partial charge on any atom is -0.465 e. The molecule has 4 heterocycles. The summed E-state index contributed by atoms with van der Waals surface area (Å²) in [7, 11) is 1.36. The standard InChI is InChI=1S/C9H9N3O.C9H8N2O2/c10-6-8(13)7-2-1-4-12-5-3-11-9(7)12;1-13-9(12)7-3-2-5-11-6-4-10-8(7)11/h1-5H,6,10H2;2-6H,1H3. The summed E-state index contributed by atoms with van der Waals surface area (Å²) in [6.45, 7) is 0.0204. The second kappa shape index (κ2) is 7.58. The molecular weight excluding hydrogens is 334 g/mol. The maximum atomic E-state index is 11.3. The Morgan fingerprint density at radius 2 is 1.50 bits per heavy atom. The Labute approximate surface area is 148 Å². The van der Waals surface area contributed by atoms with Crippen molar-refractivity contribution in [2.45, 2.75) is 0 Å². The smallest absolute Gasteiger partial charge is 0.341 e. The van der Waals surface area contributed by atoms with E-state index < -0.39 is 0 Å². The first kappa shape index (κ1) is 17.3. The molecule has 0 aliphatic carbocycles. The number of esters is 1. The zero-order valence-electron chi connectivity index (χ0n) is 14.1. The second-order valence-electron chi connectivity index (χ2n) is 5.28. The third-order valence-electron chi connectivity index (χ3n) is 3.73. The highest BCUT2D eigenvalue weighted by Crippen LogP contribution is 2.09. The van der Waals surface area contributed by atoms with E-state index in [1.807, 2.05) is 12.4 Å². The van der Waals surface area contributed by atoms with Crippen molar-refractivity contribution in [3.05, 3.63) is 72.6 Å². The molecule has 0 radical (unpaired) electrons. The molecule has 4 aromatic rings. The topological polar surface area (TPSA) is 104 Å². The van der Waals surface area contributed by atoms with E-state index in [2.05, 4.69) is 14.7 Å². The number of hydrogen-bond acceptors (Lipinski definition) is 6. The Kier molecular flexibility index (Phi) is 5.04. The van der Waals surface area contributed by atoms with Gasteiger partial charge in [-0.2, -0.15) is 0 Å². The lowest BCUT2D eigenvalue weighted by Crippen LogP contribution is -2.14. The van der Waals surface area contributed by atoms with Crippen LogP contribution in [-0.2, 0) is 4.74 Å². The van der Waals surface area contributed by atoms with Crippen LogP contribution in [-0.4, -0.2) is 44.2 Å². The minimum atomic E-state index is -0.364. The number of aromatic nitrogens is 4. The van der Waals surface area contributed by atoms with Gasteiger partial charge in [0, 0.05) is 37.2 Å². The lowest BCUT2D eigenvalue weighted by atomic mass is 10.2. The van der Waals surface area contributed by atoms with E-state index in [0.717, 1.165) is 0 Å². The average molecular weight is 351 g/mol. The fourth-order valence-electron chi connectivity index (χ4n) is 2.49. The van der Waals surface area contributed by atoms with Gasteiger partial charge in [0.25, 0.3) is 0 Å². The zero-order chi connectivity index (χ0) is 18.5. The maximum absolute atomic E-state index is 11.3. The second-order valence-corrected chi connectivity index (χ2v) is 5.28. The van der Waals surface area contributed by atoms with Crippen LogP contribution in [0.1, 0.15) is 20.7 Å². The van der Waals surface area contributed by atoms with Crippen molar-refractivity contribution in [1.29, 1.82) is 0 Å². The number of pyridine rings is 2. The van der Waals surface area contributed by atoms with E-state index in [-0.39, 0.29) is 18.3 Å². The van der Waals surface area contributed by atoms with Crippen LogP contribution < -0.4 is 5.73 Å². The normalized spacial score (nSPS) is 10.4. The van der Waals surface area contributed by atoms with E-state index in [4.69, 9.17) is 5.73 Å². The monoisotopic (exact) mass is 351 g/mol. The van der Waals surface area contributed by atoms with Crippen molar-refractivity contribution in [3.63, 3.8) is 0 Å². The number of carbonyl (C=O) groups is 2. The van der Waals surface area contributed by atoms with Crippen molar-refractivity contribution in [3.8, 4) is 0 Å². The number of carbonyl (C=O) groups excluding carboxylic acids is 2. The molecule has 0 aromatic carbocycles. The highest BCUT2D eigenvalue weighted by Gasteiger charge is 2.10. The molecule has 132 valence electrons. The first-order valence-corrected chi connectivity index (χ1v) is 7.80. The van der Waals surface area contributed by atoms with Gasteiger partial charge in [-0.15, -0.1) is 0 Å². The van der Waals surface area contributed by atoms with Crippen LogP contribution in [0.25, 0.3) is 11.3 Å². The Morgan fingerprint density at radius 1 is 0.962 bits per heavy atom. The largest absolute Gasteiger partial charge is 0.465 e. The summed E-state index contributed by atoms with van der Waals surface area (Å²) >= 11 is 0. The molecule has 0 saturated heterocycles. The number of imidazole rings is 2. The summed E-state index contributed by atoms with van der Waals surface area (Å²) in [5.74, 6) is -0.450. The molecule has 0 spiro atoms. The van der Waals surface area contributed by atoms with Gasteiger partial charge in [0.2, 0.25) is 0 Å². The molecule has 8 nitrogen and oxygen atoms in total. The van der Waals surface area contributed by atoms with Crippen molar-refractivity contribution < 1.29 is 14.3 Å². The quantitative estimate of drug-likeness (QED) is 0.444. The predicted molar refractivity (Wildman–Crippen MR) is 95.1 cm³/mol. The minimum absolute atomic E-state index is 0.0204. The van der Waals surface area contributed by atoms with Crippen molar-refractivity contribution in [1.82, 2.24) is 18.8 Å². The van der Waals surface area contributed by atoms with Gasteiger partial charge in [-0.25, -0.2) is 14.8 Å². The van der Waals surface area contributed by atoms with Crippen LogP contribution >= 0.6 is 0 Å². The first-order valence-electron chi connectivity index (χ1n) is 7.80. The SMILES string of the molecule is COC(=O)c1cccn2ccnc12.NCC(=O)c1cccn2ccnc12. The fourth-order valence-corrected chi connectivity index (χ4v) is 2.49. The molecule has 0 aliphatic heterocycles. The molecule has 0 aliphatic rings. The molecule has 0 atom stereocenters. The molecule has 4 aromatic heterocycles. The van der Waals surface area contributed by atoms with Crippen LogP contribution in [0.5, 0.6) is 0 Å². The summed E-state index contributed by atoms with van der Waals surface area (Å²) in [4.78, 5) is 30.7.